The minimum absolute atomic E-state index is 0.783. The monoisotopic (exact) mass is 271 g/mol. The van der Waals surface area contributed by atoms with E-state index in [-0.39, 0.29) is 0 Å². The fraction of sp³-hybridized carbons (Fsp3) is 0.385. The minimum atomic E-state index is 0.783. The van der Waals surface area contributed by atoms with E-state index in [1.807, 2.05) is 47.1 Å². The van der Waals surface area contributed by atoms with Crippen LogP contribution in [0.1, 0.15) is 18.3 Å². The third-order valence-electron chi connectivity index (χ3n) is 3.28. The van der Waals surface area contributed by atoms with Crippen molar-refractivity contribution in [2.75, 3.05) is 0 Å². The summed E-state index contributed by atoms with van der Waals surface area (Å²) in [6.45, 7) is 6.84. The van der Waals surface area contributed by atoms with Crippen LogP contribution in [0.3, 0.4) is 0 Å². The van der Waals surface area contributed by atoms with Crippen molar-refractivity contribution >= 4 is 0 Å². The SMILES string of the molecule is CCn1cc(-c2nncn2-c2cc(C)nn2C)c(C)n1. The van der Waals surface area contributed by atoms with Gasteiger partial charge in [0.05, 0.1) is 17.0 Å². The molecule has 104 valence electrons. The van der Waals surface area contributed by atoms with Crippen LogP contribution in [0.2, 0.25) is 0 Å². The molecule has 0 aliphatic heterocycles. The molecule has 3 heterocycles. The summed E-state index contributed by atoms with van der Waals surface area (Å²) in [7, 11) is 1.91. The van der Waals surface area contributed by atoms with Gasteiger partial charge >= 0.3 is 0 Å². The first-order valence-electron chi connectivity index (χ1n) is 6.55. The second-order valence-electron chi connectivity index (χ2n) is 4.78. The Kier molecular flexibility index (Phi) is 2.89. The molecule has 0 amide bonds. The lowest BCUT2D eigenvalue weighted by atomic mass is 10.2. The Labute approximate surface area is 116 Å². The summed E-state index contributed by atoms with van der Waals surface area (Å²) < 4.78 is 5.66. The van der Waals surface area contributed by atoms with Gasteiger partial charge in [-0.05, 0) is 20.8 Å². The summed E-state index contributed by atoms with van der Waals surface area (Å²) in [4.78, 5) is 0. The molecule has 0 aromatic carbocycles. The van der Waals surface area contributed by atoms with E-state index in [0.717, 1.165) is 35.1 Å². The first kappa shape index (κ1) is 12.6. The summed E-state index contributed by atoms with van der Waals surface area (Å²) in [6.07, 6.45) is 3.70. The summed E-state index contributed by atoms with van der Waals surface area (Å²) in [5.41, 5.74) is 2.89. The molecule has 0 N–H and O–H groups in total. The summed E-state index contributed by atoms with van der Waals surface area (Å²) >= 11 is 0. The van der Waals surface area contributed by atoms with Gasteiger partial charge in [-0.2, -0.15) is 10.2 Å². The Hall–Kier alpha value is -2.44. The third-order valence-corrected chi connectivity index (χ3v) is 3.28. The Morgan fingerprint density at radius 2 is 2.00 bits per heavy atom. The van der Waals surface area contributed by atoms with Crippen molar-refractivity contribution in [1.82, 2.24) is 34.3 Å². The van der Waals surface area contributed by atoms with Gasteiger partial charge in [-0.25, -0.2) is 0 Å². The topological polar surface area (TPSA) is 66.3 Å². The Morgan fingerprint density at radius 3 is 2.60 bits per heavy atom. The van der Waals surface area contributed by atoms with Gasteiger partial charge in [-0.1, -0.05) is 0 Å². The Bertz CT molecular complexity index is 747. The molecule has 0 aliphatic rings. The van der Waals surface area contributed by atoms with Crippen LogP contribution in [0, 0.1) is 13.8 Å². The molecule has 0 bridgehead atoms. The number of hydrogen-bond donors (Lipinski definition) is 0. The highest BCUT2D eigenvalue weighted by Gasteiger charge is 2.16. The number of nitrogens with zero attached hydrogens (tertiary/aromatic N) is 7. The number of hydrogen-bond acceptors (Lipinski definition) is 4. The van der Waals surface area contributed by atoms with Crippen LogP contribution in [-0.2, 0) is 13.6 Å². The second-order valence-corrected chi connectivity index (χ2v) is 4.78. The molecule has 3 aromatic heterocycles. The molecule has 20 heavy (non-hydrogen) atoms. The molecule has 7 heteroatoms. The summed E-state index contributed by atoms with van der Waals surface area (Å²) in [5.74, 6) is 1.72. The van der Waals surface area contributed by atoms with Crippen LogP contribution in [-0.4, -0.2) is 34.3 Å². The van der Waals surface area contributed by atoms with Crippen molar-refractivity contribution in [3.63, 3.8) is 0 Å². The molecule has 0 radical (unpaired) electrons. The van der Waals surface area contributed by atoms with Gasteiger partial charge in [-0.3, -0.25) is 13.9 Å². The van der Waals surface area contributed by atoms with Crippen LogP contribution in [0.15, 0.2) is 18.6 Å². The van der Waals surface area contributed by atoms with E-state index in [0.29, 0.717) is 0 Å². The standard InChI is InChI=1S/C13H17N7/c1-5-19-7-11(10(3)17-19)13-15-14-8-20(13)12-6-9(2)16-18(12)4/h6-8H,5H2,1-4H3. The lowest BCUT2D eigenvalue weighted by Crippen LogP contribution is -2.03. The molecular formula is C13H17N7. The van der Waals surface area contributed by atoms with Crippen molar-refractivity contribution in [1.29, 1.82) is 0 Å². The maximum absolute atomic E-state index is 4.46. The number of rotatable bonds is 3. The first-order valence-corrected chi connectivity index (χ1v) is 6.55. The van der Waals surface area contributed by atoms with Crippen molar-refractivity contribution in [2.24, 2.45) is 7.05 Å². The van der Waals surface area contributed by atoms with Crippen molar-refractivity contribution in [3.05, 3.63) is 30.0 Å². The predicted molar refractivity (Wildman–Crippen MR) is 74.5 cm³/mol. The van der Waals surface area contributed by atoms with Gasteiger partial charge < -0.3 is 0 Å². The van der Waals surface area contributed by atoms with E-state index in [1.54, 1.807) is 6.33 Å². The van der Waals surface area contributed by atoms with Gasteiger partial charge in [0, 0.05) is 25.9 Å². The van der Waals surface area contributed by atoms with E-state index in [2.05, 4.69) is 27.3 Å². The molecule has 0 saturated heterocycles. The van der Waals surface area contributed by atoms with Crippen LogP contribution in [0.4, 0.5) is 0 Å². The lowest BCUT2D eigenvalue weighted by Gasteiger charge is -2.05. The maximum Gasteiger partial charge on any atom is 0.173 e. The van der Waals surface area contributed by atoms with E-state index < -0.39 is 0 Å². The van der Waals surface area contributed by atoms with Gasteiger partial charge in [0.25, 0.3) is 0 Å². The first-order chi connectivity index (χ1) is 9.60. The average Bonchev–Trinajstić information content (AvgIpc) is 3.07. The highest BCUT2D eigenvalue weighted by Crippen LogP contribution is 2.23. The second kappa shape index (κ2) is 4.59. The smallest absolute Gasteiger partial charge is 0.173 e. The zero-order valence-corrected chi connectivity index (χ0v) is 12.1. The maximum atomic E-state index is 4.46. The van der Waals surface area contributed by atoms with Crippen molar-refractivity contribution < 1.29 is 0 Å². The van der Waals surface area contributed by atoms with Crippen molar-refractivity contribution in [2.45, 2.75) is 27.3 Å². The number of aromatic nitrogens is 7. The third kappa shape index (κ3) is 1.91. The summed E-state index contributed by atoms with van der Waals surface area (Å²) in [6, 6.07) is 2.01. The molecule has 7 nitrogen and oxygen atoms in total. The fourth-order valence-electron chi connectivity index (χ4n) is 2.31. The number of aryl methyl sites for hydroxylation is 4. The average molecular weight is 271 g/mol. The van der Waals surface area contributed by atoms with Crippen LogP contribution < -0.4 is 0 Å². The van der Waals surface area contributed by atoms with Crippen LogP contribution in [0.25, 0.3) is 17.2 Å². The molecule has 0 aliphatic carbocycles. The highest BCUT2D eigenvalue weighted by molar-refractivity contribution is 5.59. The molecule has 0 saturated carbocycles. The van der Waals surface area contributed by atoms with E-state index >= 15 is 0 Å². The minimum Gasteiger partial charge on any atom is -0.272 e. The molecule has 0 fully saturated rings. The zero-order valence-electron chi connectivity index (χ0n) is 12.1. The Morgan fingerprint density at radius 1 is 1.20 bits per heavy atom. The normalized spacial score (nSPS) is 11.2. The van der Waals surface area contributed by atoms with E-state index in [1.165, 1.54) is 0 Å². The quantitative estimate of drug-likeness (QED) is 0.724. The van der Waals surface area contributed by atoms with Crippen LogP contribution >= 0.6 is 0 Å². The predicted octanol–water partition coefficient (Wildman–Crippen LogP) is 1.50. The van der Waals surface area contributed by atoms with E-state index in [9.17, 15) is 0 Å². The molecule has 0 spiro atoms. The zero-order chi connectivity index (χ0) is 14.3. The van der Waals surface area contributed by atoms with E-state index in [4.69, 9.17) is 0 Å². The molecule has 3 rings (SSSR count). The molecule has 3 aromatic rings. The summed E-state index contributed by atoms with van der Waals surface area (Å²) in [5, 5.41) is 17.1. The highest BCUT2D eigenvalue weighted by atomic mass is 15.4. The van der Waals surface area contributed by atoms with Gasteiger partial charge in [0.2, 0.25) is 0 Å². The lowest BCUT2D eigenvalue weighted by molar-refractivity contribution is 0.653. The molecule has 0 atom stereocenters. The molecular weight excluding hydrogens is 254 g/mol. The fourth-order valence-corrected chi connectivity index (χ4v) is 2.31. The van der Waals surface area contributed by atoms with Gasteiger partial charge in [-0.15, -0.1) is 10.2 Å². The van der Waals surface area contributed by atoms with Gasteiger partial charge in [0.15, 0.2) is 5.82 Å². The molecule has 0 unspecified atom stereocenters. The Balaban J connectivity index is 2.15. The van der Waals surface area contributed by atoms with Crippen molar-refractivity contribution in [3.8, 4) is 17.2 Å². The van der Waals surface area contributed by atoms with Gasteiger partial charge in [0.1, 0.15) is 12.1 Å². The van der Waals surface area contributed by atoms with Crippen LogP contribution in [0.5, 0.6) is 0 Å². The largest absolute Gasteiger partial charge is 0.272 e.